The minimum Gasteiger partial charge on any atom is -0.392 e. The van der Waals surface area contributed by atoms with Crippen molar-refractivity contribution in [1.29, 1.82) is 0 Å². The maximum atomic E-state index is 14.1. The van der Waals surface area contributed by atoms with E-state index in [9.17, 15) is 14.7 Å². The highest BCUT2D eigenvalue weighted by Crippen LogP contribution is 2.32. The molecule has 2 fully saturated rings. The lowest BCUT2D eigenvalue weighted by Crippen LogP contribution is -2.45. The number of aliphatic hydroxyl groups excluding tert-OH is 1. The number of nitrogens with zero attached hydrogens (tertiary/aromatic N) is 2. The Labute approximate surface area is 230 Å². The Balaban J connectivity index is 1.51. The van der Waals surface area contributed by atoms with E-state index in [1.807, 2.05) is 25.1 Å². The highest BCUT2D eigenvalue weighted by molar-refractivity contribution is 6.30. The molecule has 0 radical (unpaired) electrons. The van der Waals surface area contributed by atoms with Gasteiger partial charge in [-0.2, -0.15) is 0 Å². The number of amides is 1. The SMILES string of the molecule is Cc1c(CC(=O)N(CC2CCCCC2)C2CCCCC2)c2cc(CO)ccc2n1C(=O)c1ccc(Cl)cc1. The number of fused-ring (bicyclic) bond motifs is 1. The van der Waals surface area contributed by atoms with Gasteiger partial charge >= 0.3 is 0 Å². The second kappa shape index (κ2) is 12.0. The molecule has 2 aromatic carbocycles. The molecule has 0 saturated heterocycles. The van der Waals surface area contributed by atoms with Gasteiger partial charge < -0.3 is 10.0 Å². The van der Waals surface area contributed by atoms with Gasteiger partial charge in [-0.05, 0) is 86.1 Å². The molecule has 0 bridgehead atoms. The molecule has 1 amide bonds. The first kappa shape index (κ1) is 27.0. The summed E-state index contributed by atoms with van der Waals surface area (Å²) in [5.41, 5.74) is 3.74. The van der Waals surface area contributed by atoms with Crippen LogP contribution in [-0.2, 0) is 17.8 Å². The summed E-state index contributed by atoms with van der Waals surface area (Å²) >= 11 is 6.06. The predicted octanol–water partition coefficient (Wildman–Crippen LogP) is 7.07. The zero-order valence-corrected chi connectivity index (χ0v) is 23.2. The molecule has 6 heteroatoms. The van der Waals surface area contributed by atoms with E-state index in [1.54, 1.807) is 28.8 Å². The Kier molecular flexibility index (Phi) is 8.54. The summed E-state index contributed by atoms with van der Waals surface area (Å²) in [6.45, 7) is 2.70. The number of rotatable bonds is 7. The zero-order valence-electron chi connectivity index (χ0n) is 22.4. The van der Waals surface area contributed by atoms with Crippen molar-refractivity contribution in [3.63, 3.8) is 0 Å². The van der Waals surface area contributed by atoms with Crippen LogP contribution in [0.5, 0.6) is 0 Å². The molecule has 2 aliphatic rings. The number of carbonyl (C=O) groups excluding carboxylic acids is 2. The molecule has 5 nitrogen and oxygen atoms in total. The van der Waals surface area contributed by atoms with Gasteiger partial charge in [0.25, 0.3) is 5.91 Å². The van der Waals surface area contributed by atoms with Crippen LogP contribution in [0.3, 0.4) is 0 Å². The van der Waals surface area contributed by atoms with E-state index in [0.29, 0.717) is 22.5 Å². The molecule has 2 aliphatic carbocycles. The lowest BCUT2D eigenvalue weighted by atomic mass is 9.87. The molecule has 0 unspecified atom stereocenters. The molecule has 1 N–H and O–H groups in total. The summed E-state index contributed by atoms with van der Waals surface area (Å²) in [5, 5.41) is 11.3. The maximum Gasteiger partial charge on any atom is 0.262 e. The molecule has 2 saturated carbocycles. The number of hydrogen-bond donors (Lipinski definition) is 1. The van der Waals surface area contributed by atoms with Gasteiger partial charge in [0.05, 0.1) is 18.5 Å². The standard InChI is InChI=1S/C32H39ClN2O3/c1-22-28(19-31(37)34(27-10-6-3-7-11-27)20-23-8-4-2-5-9-23)29-18-24(21-36)12-17-30(29)35(22)32(38)25-13-15-26(33)16-14-25/h12-18,23,27,36H,2-11,19-21H2,1H3. The number of aromatic nitrogens is 1. The van der Waals surface area contributed by atoms with E-state index in [4.69, 9.17) is 11.6 Å². The van der Waals surface area contributed by atoms with Crippen molar-refractivity contribution >= 4 is 34.3 Å². The van der Waals surface area contributed by atoms with Gasteiger partial charge in [0.2, 0.25) is 5.91 Å². The Bertz CT molecular complexity index is 1280. The lowest BCUT2D eigenvalue weighted by Gasteiger charge is -2.38. The second-order valence-electron chi connectivity index (χ2n) is 11.2. The number of aliphatic hydroxyl groups is 1. The second-order valence-corrected chi connectivity index (χ2v) is 11.7. The van der Waals surface area contributed by atoms with Gasteiger partial charge in [-0.15, -0.1) is 0 Å². The number of benzene rings is 2. The summed E-state index contributed by atoms with van der Waals surface area (Å²) in [6, 6.07) is 12.9. The zero-order chi connectivity index (χ0) is 26.6. The molecular weight excluding hydrogens is 496 g/mol. The van der Waals surface area contributed by atoms with Crippen molar-refractivity contribution < 1.29 is 14.7 Å². The van der Waals surface area contributed by atoms with Crippen molar-refractivity contribution in [3.05, 3.63) is 69.9 Å². The van der Waals surface area contributed by atoms with E-state index in [-0.39, 0.29) is 24.8 Å². The molecule has 1 aromatic heterocycles. The third-order valence-corrected chi connectivity index (χ3v) is 8.97. The van der Waals surface area contributed by atoms with Crippen LogP contribution >= 0.6 is 11.6 Å². The van der Waals surface area contributed by atoms with Crippen LogP contribution in [0.4, 0.5) is 0 Å². The monoisotopic (exact) mass is 534 g/mol. The van der Waals surface area contributed by atoms with Crippen molar-refractivity contribution in [2.24, 2.45) is 5.92 Å². The van der Waals surface area contributed by atoms with Gasteiger partial charge in [-0.25, -0.2) is 0 Å². The van der Waals surface area contributed by atoms with Crippen LogP contribution in [-0.4, -0.2) is 39.0 Å². The van der Waals surface area contributed by atoms with Crippen LogP contribution in [0.1, 0.15) is 91.4 Å². The third-order valence-electron chi connectivity index (χ3n) is 8.72. The molecule has 5 rings (SSSR count). The Morgan fingerprint density at radius 3 is 2.26 bits per heavy atom. The highest BCUT2D eigenvalue weighted by atomic mass is 35.5. The summed E-state index contributed by atoms with van der Waals surface area (Å²) in [5.74, 6) is 0.605. The number of carbonyl (C=O) groups is 2. The quantitative estimate of drug-likeness (QED) is 0.352. The van der Waals surface area contributed by atoms with Gasteiger partial charge in [-0.1, -0.05) is 56.2 Å². The van der Waals surface area contributed by atoms with E-state index < -0.39 is 0 Å². The Hall–Kier alpha value is -2.63. The fourth-order valence-corrected chi connectivity index (χ4v) is 6.71. The number of halogens is 1. The summed E-state index contributed by atoms with van der Waals surface area (Å²) < 4.78 is 1.72. The van der Waals surface area contributed by atoms with Gasteiger partial charge in [-0.3, -0.25) is 14.2 Å². The maximum absolute atomic E-state index is 14.1. The van der Waals surface area contributed by atoms with Crippen LogP contribution < -0.4 is 0 Å². The fourth-order valence-electron chi connectivity index (χ4n) is 6.58. The predicted molar refractivity (Wildman–Crippen MR) is 153 cm³/mol. The third kappa shape index (κ3) is 5.69. The van der Waals surface area contributed by atoms with Crippen LogP contribution in [0.2, 0.25) is 5.02 Å². The normalized spacial score (nSPS) is 17.1. The fraction of sp³-hybridized carbons (Fsp3) is 0.500. The first-order valence-electron chi connectivity index (χ1n) is 14.3. The van der Waals surface area contributed by atoms with Crippen molar-refractivity contribution in [2.45, 2.75) is 90.2 Å². The number of hydrogen-bond acceptors (Lipinski definition) is 3. The van der Waals surface area contributed by atoms with Gasteiger partial charge in [0, 0.05) is 34.3 Å². The van der Waals surface area contributed by atoms with E-state index in [1.165, 1.54) is 51.4 Å². The van der Waals surface area contributed by atoms with Crippen molar-refractivity contribution in [3.8, 4) is 0 Å². The molecule has 0 aliphatic heterocycles. The molecule has 202 valence electrons. The summed E-state index contributed by atoms with van der Waals surface area (Å²) in [4.78, 5) is 30.0. The van der Waals surface area contributed by atoms with Crippen molar-refractivity contribution in [1.82, 2.24) is 9.47 Å². The topological polar surface area (TPSA) is 62.5 Å². The Morgan fingerprint density at radius 1 is 0.947 bits per heavy atom. The van der Waals surface area contributed by atoms with Crippen molar-refractivity contribution in [2.75, 3.05) is 6.54 Å². The van der Waals surface area contributed by atoms with Crippen LogP contribution in [0, 0.1) is 12.8 Å². The lowest BCUT2D eigenvalue weighted by molar-refractivity contribution is -0.134. The molecular formula is C32H39ClN2O3. The minimum absolute atomic E-state index is 0.0887. The Morgan fingerprint density at radius 2 is 1.61 bits per heavy atom. The molecule has 38 heavy (non-hydrogen) atoms. The van der Waals surface area contributed by atoms with Crippen LogP contribution in [0.25, 0.3) is 10.9 Å². The molecule has 0 atom stereocenters. The largest absolute Gasteiger partial charge is 0.392 e. The molecule has 3 aromatic rings. The smallest absolute Gasteiger partial charge is 0.262 e. The molecule has 1 heterocycles. The van der Waals surface area contributed by atoms with Gasteiger partial charge in [0.15, 0.2) is 0 Å². The first-order chi connectivity index (χ1) is 18.5. The highest BCUT2D eigenvalue weighted by Gasteiger charge is 2.30. The van der Waals surface area contributed by atoms with E-state index >= 15 is 0 Å². The average molecular weight is 535 g/mol. The summed E-state index contributed by atoms with van der Waals surface area (Å²) in [6.07, 6.45) is 12.3. The first-order valence-corrected chi connectivity index (χ1v) is 14.7. The van der Waals surface area contributed by atoms with E-state index in [0.717, 1.165) is 47.1 Å². The average Bonchev–Trinajstić information content (AvgIpc) is 3.22. The van der Waals surface area contributed by atoms with E-state index in [2.05, 4.69) is 4.90 Å². The van der Waals surface area contributed by atoms with Crippen LogP contribution in [0.15, 0.2) is 42.5 Å². The summed E-state index contributed by atoms with van der Waals surface area (Å²) in [7, 11) is 0. The minimum atomic E-state index is -0.147. The van der Waals surface area contributed by atoms with Gasteiger partial charge in [0.1, 0.15) is 0 Å². The molecule has 0 spiro atoms.